The molecule has 0 aliphatic carbocycles. The first-order valence-electron chi connectivity index (χ1n) is 9.62. The topological polar surface area (TPSA) is 63.8 Å². The minimum atomic E-state index is -0.417. The molecule has 7 heteroatoms. The van der Waals surface area contributed by atoms with Gasteiger partial charge in [0, 0.05) is 17.0 Å². The van der Waals surface area contributed by atoms with Crippen LogP contribution in [0.1, 0.15) is 17.7 Å². The largest absolute Gasteiger partial charge is 0.497 e. The van der Waals surface area contributed by atoms with Gasteiger partial charge in [-0.05, 0) is 63.0 Å². The summed E-state index contributed by atoms with van der Waals surface area (Å²) >= 11 is 1.70. The molecule has 1 spiro atoms. The summed E-state index contributed by atoms with van der Waals surface area (Å²) < 4.78 is 11.6. The van der Waals surface area contributed by atoms with Crippen LogP contribution in [0.4, 0.5) is 5.13 Å². The quantitative estimate of drug-likeness (QED) is 0.875. The van der Waals surface area contributed by atoms with Gasteiger partial charge in [0.15, 0.2) is 11.5 Å². The monoisotopic (exact) mass is 386 g/mol. The third-order valence-electron chi connectivity index (χ3n) is 6.32. The second-order valence-electron chi connectivity index (χ2n) is 7.88. The molecule has 0 radical (unpaired) electrons. The van der Waals surface area contributed by atoms with E-state index in [1.807, 2.05) is 12.1 Å². The minimum Gasteiger partial charge on any atom is -0.497 e. The number of benzene rings is 1. The van der Waals surface area contributed by atoms with E-state index in [4.69, 9.17) is 20.2 Å². The highest BCUT2D eigenvalue weighted by atomic mass is 32.1. The molecule has 4 saturated heterocycles. The lowest BCUT2D eigenvalue weighted by Crippen LogP contribution is -2.61. The molecule has 0 saturated carbocycles. The average molecular weight is 387 g/mol. The van der Waals surface area contributed by atoms with E-state index in [9.17, 15) is 0 Å². The van der Waals surface area contributed by atoms with Crippen molar-refractivity contribution in [3.8, 4) is 17.0 Å². The Morgan fingerprint density at radius 1 is 1.22 bits per heavy atom. The molecule has 2 atom stereocenters. The van der Waals surface area contributed by atoms with Gasteiger partial charge in [-0.2, -0.15) is 0 Å². The van der Waals surface area contributed by atoms with Crippen molar-refractivity contribution in [3.63, 3.8) is 0 Å². The zero-order valence-corrected chi connectivity index (χ0v) is 16.7. The molecule has 2 N–H and O–H groups in total. The maximum Gasteiger partial charge on any atom is 0.189 e. The smallest absolute Gasteiger partial charge is 0.189 e. The summed E-state index contributed by atoms with van der Waals surface area (Å²) in [6.45, 7) is 6.35. The normalized spacial score (nSPS) is 32.4. The van der Waals surface area contributed by atoms with Crippen molar-refractivity contribution in [2.24, 2.45) is 11.7 Å². The molecule has 0 amide bonds. The number of hydrogen-bond donors (Lipinski definition) is 1. The molecule has 2 bridgehead atoms. The minimum absolute atomic E-state index is 0.129. The molecule has 4 aliphatic rings. The van der Waals surface area contributed by atoms with Crippen molar-refractivity contribution in [2.75, 3.05) is 38.2 Å². The summed E-state index contributed by atoms with van der Waals surface area (Å²) in [5.74, 6) is 1.46. The summed E-state index contributed by atoms with van der Waals surface area (Å²) in [5, 5.41) is 0.958. The van der Waals surface area contributed by atoms with E-state index in [0.29, 0.717) is 5.92 Å². The number of aryl methyl sites for hydroxylation is 1. The van der Waals surface area contributed by atoms with Gasteiger partial charge >= 0.3 is 0 Å². The Labute approximate surface area is 163 Å². The first-order chi connectivity index (χ1) is 13.1. The lowest BCUT2D eigenvalue weighted by Gasteiger charge is -2.50. The number of methoxy groups -OCH3 is 1. The van der Waals surface area contributed by atoms with Crippen molar-refractivity contribution < 1.29 is 9.47 Å². The van der Waals surface area contributed by atoms with E-state index in [1.165, 1.54) is 30.8 Å². The van der Waals surface area contributed by atoms with E-state index in [-0.39, 0.29) is 5.60 Å². The van der Waals surface area contributed by atoms with Gasteiger partial charge in [-0.3, -0.25) is 5.73 Å². The van der Waals surface area contributed by atoms with Crippen LogP contribution in [0.2, 0.25) is 0 Å². The number of rotatable bonds is 3. The Kier molecular flexibility index (Phi) is 4.16. The Hall–Kier alpha value is -1.67. The zero-order valence-electron chi connectivity index (χ0n) is 15.9. The van der Waals surface area contributed by atoms with Gasteiger partial charge in [0.2, 0.25) is 0 Å². The average Bonchev–Trinajstić information content (AvgIpc) is 3.22. The zero-order chi connectivity index (χ0) is 18.6. The van der Waals surface area contributed by atoms with Crippen LogP contribution in [-0.4, -0.2) is 55.1 Å². The number of piperidine rings is 3. The van der Waals surface area contributed by atoms with Crippen molar-refractivity contribution in [1.29, 1.82) is 0 Å². The van der Waals surface area contributed by atoms with Crippen molar-refractivity contribution in [3.05, 3.63) is 29.1 Å². The van der Waals surface area contributed by atoms with Crippen LogP contribution < -0.4 is 15.4 Å². The fourth-order valence-corrected chi connectivity index (χ4v) is 5.81. The van der Waals surface area contributed by atoms with Gasteiger partial charge in [0.05, 0.1) is 19.3 Å². The molecule has 1 aromatic heterocycles. The summed E-state index contributed by atoms with van der Waals surface area (Å²) in [6.07, 6.45) is 2.02. The molecular weight excluding hydrogens is 360 g/mol. The highest BCUT2D eigenvalue weighted by Gasteiger charge is 2.54. The molecular formula is C20H26N4O2S. The van der Waals surface area contributed by atoms with E-state index in [1.54, 1.807) is 18.4 Å². The van der Waals surface area contributed by atoms with Crippen LogP contribution in [0.15, 0.2) is 24.3 Å². The number of nitrogens with two attached hydrogens (primary N) is 1. The van der Waals surface area contributed by atoms with Crippen LogP contribution >= 0.6 is 11.3 Å². The molecule has 27 heavy (non-hydrogen) atoms. The highest BCUT2D eigenvalue weighted by Crippen LogP contribution is 2.45. The molecule has 5 heterocycles. The molecule has 6 nitrogen and oxygen atoms in total. The van der Waals surface area contributed by atoms with E-state index < -0.39 is 6.35 Å². The van der Waals surface area contributed by atoms with Gasteiger partial charge in [0.1, 0.15) is 11.4 Å². The molecule has 2 aromatic rings. The number of ether oxygens (including phenoxy) is 2. The van der Waals surface area contributed by atoms with Gasteiger partial charge in [-0.1, -0.05) is 0 Å². The van der Waals surface area contributed by atoms with Crippen molar-refractivity contribution in [1.82, 2.24) is 9.88 Å². The lowest BCUT2D eigenvalue weighted by molar-refractivity contribution is -0.137. The second kappa shape index (κ2) is 6.44. The summed E-state index contributed by atoms with van der Waals surface area (Å²) in [7, 11) is 1.68. The third-order valence-corrected chi connectivity index (χ3v) is 7.33. The number of thiazole rings is 1. The highest BCUT2D eigenvalue weighted by molar-refractivity contribution is 7.16. The van der Waals surface area contributed by atoms with E-state index in [0.717, 1.165) is 35.2 Å². The molecule has 2 unspecified atom stereocenters. The summed E-state index contributed by atoms with van der Waals surface area (Å²) in [4.78, 5) is 10.8. The number of fused-ring (bicyclic) bond motifs is 2. The number of aromatic nitrogens is 1. The number of nitrogens with zero attached hydrogens (tertiary/aromatic N) is 3. The molecule has 4 aliphatic heterocycles. The van der Waals surface area contributed by atoms with Crippen LogP contribution in [0.5, 0.6) is 5.75 Å². The van der Waals surface area contributed by atoms with Gasteiger partial charge in [-0.15, -0.1) is 11.3 Å². The van der Waals surface area contributed by atoms with E-state index >= 15 is 0 Å². The molecule has 4 fully saturated rings. The first-order valence-corrected chi connectivity index (χ1v) is 10.4. The summed E-state index contributed by atoms with van der Waals surface area (Å²) in [6, 6.07) is 8.06. The standard InChI is InChI=1S/C20H26N4O2S/c1-13-17(14-3-5-16(25-2)6-4-14)22-19(27-13)24-12-20(26-18(24)21)11-23-9-7-15(20)8-10-23/h3-6,15,18H,7-12,21H2,1-2H3. The van der Waals surface area contributed by atoms with Crippen molar-refractivity contribution in [2.45, 2.75) is 31.7 Å². The van der Waals surface area contributed by atoms with Gasteiger partial charge < -0.3 is 19.3 Å². The fraction of sp³-hybridized carbons (Fsp3) is 0.550. The Morgan fingerprint density at radius 2 is 1.96 bits per heavy atom. The maximum atomic E-state index is 6.42. The van der Waals surface area contributed by atoms with Crippen LogP contribution in [-0.2, 0) is 4.74 Å². The van der Waals surface area contributed by atoms with Crippen molar-refractivity contribution >= 4 is 16.5 Å². The predicted octanol–water partition coefficient (Wildman–Crippen LogP) is 2.67. The summed E-state index contributed by atoms with van der Waals surface area (Å²) in [5.41, 5.74) is 8.40. The first kappa shape index (κ1) is 17.4. The SMILES string of the molecule is COc1ccc(-c2nc(N3CC4(CN5CCC4CC5)OC3N)sc2C)cc1. The third kappa shape index (κ3) is 2.84. The lowest BCUT2D eigenvalue weighted by atomic mass is 9.75. The van der Waals surface area contributed by atoms with E-state index in [2.05, 4.69) is 28.9 Å². The fourth-order valence-electron chi connectivity index (χ4n) is 4.86. The number of hydrogen-bond acceptors (Lipinski definition) is 7. The second-order valence-corrected chi connectivity index (χ2v) is 9.06. The van der Waals surface area contributed by atoms with Gasteiger partial charge in [0.25, 0.3) is 0 Å². The predicted molar refractivity (Wildman–Crippen MR) is 107 cm³/mol. The maximum absolute atomic E-state index is 6.42. The van der Waals surface area contributed by atoms with Crippen LogP contribution in [0, 0.1) is 12.8 Å². The Balaban J connectivity index is 1.42. The number of anilines is 1. The van der Waals surface area contributed by atoms with Crippen LogP contribution in [0.3, 0.4) is 0 Å². The Bertz CT molecular complexity index is 831. The Morgan fingerprint density at radius 3 is 2.59 bits per heavy atom. The van der Waals surface area contributed by atoms with Crippen LogP contribution in [0.25, 0.3) is 11.3 Å². The van der Waals surface area contributed by atoms with Gasteiger partial charge in [-0.25, -0.2) is 4.98 Å². The molecule has 144 valence electrons. The molecule has 1 aromatic carbocycles. The molecule has 6 rings (SSSR count).